The van der Waals surface area contributed by atoms with Gasteiger partial charge in [0.1, 0.15) is 5.75 Å². The fourth-order valence-electron chi connectivity index (χ4n) is 2.35. The van der Waals surface area contributed by atoms with Crippen LogP contribution in [0, 0.1) is 0 Å². The average Bonchev–Trinajstić information content (AvgIpc) is 2.63. The van der Waals surface area contributed by atoms with Gasteiger partial charge in [-0.3, -0.25) is 0 Å². The molecule has 5 nitrogen and oxygen atoms in total. The summed E-state index contributed by atoms with van der Waals surface area (Å²) in [4.78, 5) is 0. The number of alkyl halides is 3. The summed E-state index contributed by atoms with van der Waals surface area (Å²) in [6, 6.07) is 8.07. The van der Waals surface area contributed by atoms with E-state index in [1.807, 2.05) is 0 Å². The molecule has 0 radical (unpaired) electrons. The largest absolute Gasteiger partial charge is 0.493 e. The number of nitrogen functional groups attached to an aromatic ring is 1. The highest BCUT2D eigenvalue weighted by Crippen LogP contribution is 2.38. The van der Waals surface area contributed by atoms with Crippen LogP contribution in [0.4, 0.5) is 18.9 Å². The van der Waals surface area contributed by atoms with E-state index in [-0.39, 0.29) is 11.4 Å². The number of nitrogens with two attached hydrogens (primary N) is 1. The Balaban J connectivity index is 2.21. The molecule has 0 fully saturated rings. The van der Waals surface area contributed by atoms with E-state index in [0.29, 0.717) is 22.8 Å². The van der Waals surface area contributed by atoms with Crippen molar-refractivity contribution in [1.82, 2.24) is 0 Å². The summed E-state index contributed by atoms with van der Waals surface area (Å²) in [6.45, 7) is -1.39. The Morgan fingerprint density at radius 2 is 1.44 bits per heavy atom. The van der Waals surface area contributed by atoms with Crippen LogP contribution < -0.4 is 24.7 Å². The van der Waals surface area contributed by atoms with Crippen LogP contribution in [0.1, 0.15) is 11.1 Å². The molecule has 0 amide bonds. The molecule has 2 N–H and O–H groups in total. The molecule has 27 heavy (non-hydrogen) atoms. The summed E-state index contributed by atoms with van der Waals surface area (Å²) < 4.78 is 57.2. The zero-order valence-corrected chi connectivity index (χ0v) is 15.1. The molecule has 0 saturated carbocycles. The van der Waals surface area contributed by atoms with Gasteiger partial charge in [0.05, 0.1) is 27.0 Å². The molecule has 0 aliphatic heterocycles. The van der Waals surface area contributed by atoms with Crippen LogP contribution in [-0.4, -0.2) is 34.1 Å². The third-order valence-corrected chi connectivity index (χ3v) is 3.58. The highest BCUT2D eigenvalue weighted by molar-refractivity contribution is 5.74. The summed E-state index contributed by atoms with van der Waals surface area (Å²) in [7, 11) is 4.55. The number of halogens is 3. The molecule has 8 heteroatoms. The first-order valence-electron chi connectivity index (χ1n) is 7.84. The Hall–Kier alpha value is -3.03. The van der Waals surface area contributed by atoms with Crippen LogP contribution in [0.15, 0.2) is 30.3 Å². The van der Waals surface area contributed by atoms with Gasteiger partial charge in [-0.25, -0.2) is 0 Å². The van der Waals surface area contributed by atoms with Gasteiger partial charge in [-0.1, -0.05) is 18.2 Å². The molecule has 2 aromatic carbocycles. The Bertz CT molecular complexity index is 794. The van der Waals surface area contributed by atoms with Gasteiger partial charge in [0.25, 0.3) is 0 Å². The summed E-state index contributed by atoms with van der Waals surface area (Å²) >= 11 is 0. The van der Waals surface area contributed by atoms with Crippen LogP contribution in [0.3, 0.4) is 0 Å². The molecule has 0 spiro atoms. The van der Waals surface area contributed by atoms with Crippen molar-refractivity contribution in [3.63, 3.8) is 0 Å². The van der Waals surface area contributed by atoms with Crippen molar-refractivity contribution in [1.29, 1.82) is 0 Å². The molecule has 2 aromatic rings. The van der Waals surface area contributed by atoms with Crippen molar-refractivity contribution in [3.8, 4) is 23.0 Å². The number of rotatable bonds is 7. The van der Waals surface area contributed by atoms with Crippen molar-refractivity contribution in [2.24, 2.45) is 0 Å². The fourth-order valence-corrected chi connectivity index (χ4v) is 2.35. The molecule has 0 atom stereocenters. The van der Waals surface area contributed by atoms with Crippen LogP contribution in [0.25, 0.3) is 12.2 Å². The predicted molar refractivity (Wildman–Crippen MR) is 97.4 cm³/mol. The van der Waals surface area contributed by atoms with Gasteiger partial charge in [-0.2, -0.15) is 13.2 Å². The molecule has 0 heterocycles. The monoisotopic (exact) mass is 383 g/mol. The lowest BCUT2D eigenvalue weighted by Crippen LogP contribution is -2.19. The third kappa shape index (κ3) is 5.47. The SMILES string of the molecule is COc1cc(/C=C\c2ccc(OCC(F)(F)F)c(N)c2)cc(OC)c1OC. The zero-order valence-electron chi connectivity index (χ0n) is 15.1. The number of ether oxygens (including phenoxy) is 4. The summed E-state index contributed by atoms with van der Waals surface area (Å²) in [6.07, 6.45) is -0.877. The molecule has 0 aliphatic carbocycles. The number of benzene rings is 2. The van der Waals surface area contributed by atoms with Gasteiger partial charge in [0.15, 0.2) is 18.1 Å². The van der Waals surface area contributed by atoms with E-state index < -0.39 is 12.8 Å². The molecular formula is C19H20F3NO4. The number of anilines is 1. The van der Waals surface area contributed by atoms with E-state index in [9.17, 15) is 13.2 Å². The number of hydrogen-bond acceptors (Lipinski definition) is 5. The highest BCUT2D eigenvalue weighted by atomic mass is 19.4. The van der Waals surface area contributed by atoms with Gasteiger partial charge in [-0.05, 0) is 35.4 Å². The van der Waals surface area contributed by atoms with E-state index in [1.165, 1.54) is 33.5 Å². The van der Waals surface area contributed by atoms with Crippen molar-refractivity contribution in [2.45, 2.75) is 6.18 Å². The average molecular weight is 383 g/mol. The van der Waals surface area contributed by atoms with Gasteiger partial charge in [-0.15, -0.1) is 0 Å². The smallest absolute Gasteiger partial charge is 0.422 e. The molecule has 0 aliphatic rings. The molecule has 146 valence electrons. The molecule has 2 rings (SSSR count). The first-order chi connectivity index (χ1) is 12.8. The van der Waals surface area contributed by atoms with Crippen LogP contribution in [0.2, 0.25) is 0 Å². The maximum absolute atomic E-state index is 12.2. The molecule has 0 bridgehead atoms. The van der Waals surface area contributed by atoms with E-state index in [2.05, 4.69) is 4.74 Å². The topological polar surface area (TPSA) is 62.9 Å². The van der Waals surface area contributed by atoms with Gasteiger partial charge in [0, 0.05) is 0 Å². The second kappa shape index (κ2) is 8.57. The maximum Gasteiger partial charge on any atom is 0.422 e. The minimum atomic E-state index is -4.42. The quantitative estimate of drug-likeness (QED) is 0.567. The van der Waals surface area contributed by atoms with Crippen LogP contribution in [-0.2, 0) is 0 Å². The molecule has 0 aromatic heterocycles. The minimum absolute atomic E-state index is 0.0164. The highest BCUT2D eigenvalue weighted by Gasteiger charge is 2.28. The predicted octanol–water partition coefficient (Wildman–Crippen LogP) is 4.41. The standard InChI is InChI=1S/C19H20F3NO4/c1-24-16-9-13(10-17(25-2)18(16)26-3)5-4-12-6-7-15(14(23)8-12)27-11-19(20,21)22/h4-10H,11,23H2,1-3H3/b5-4-. The Kier molecular flexibility index (Phi) is 6.44. The first-order valence-corrected chi connectivity index (χ1v) is 7.84. The van der Waals surface area contributed by atoms with Crippen LogP contribution >= 0.6 is 0 Å². The second-order valence-electron chi connectivity index (χ2n) is 5.49. The zero-order chi connectivity index (χ0) is 20.0. The van der Waals surface area contributed by atoms with E-state index in [0.717, 1.165) is 5.56 Å². The Morgan fingerprint density at radius 3 is 1.93 bits per heavy atom. The number of methoxy groups -OCH3 is 3. The van der Waals surface area contributed by atoms with Gasteiger partial charge in [0.2, 0.25) is 5.75 Å². The third-order valence-electron chi connectivity index (χ3n) is 3.58. The Morgan fingerprint density at radius 1 is 0.852 bits per heavy atom. The molecular weight excluding hydrogens is 363 g/mol. The Labute approximate surface area is 155 Å². The van der Waals surface area contributed by atoms with Crippen LogP contribution in [0.5, 0.6) is 23.0 Å². The lowest BCUT2D eigenvalue weighted by Gasteiger charge is -2.13. The first kappa shape index (κ1) is 20.3. The van der Waals surface area contributed by atoms with Gasteiger partial charge >= 0.3 is 6.18 Å². The van der Waals surface area contributed by atoms with E-state index in [1.54, 1.807) is 30.4 Å². The van der Waals surface area contributed by atoms with Crippen molar-refractivity contribution in [3.05, 3.63) is 41.5 Å². The summed E-state index contributed by atoms with van der Waals surface area (Å²) in [5, 5.41) is 0. The number of hydrogen-bond donors (Lipinski definition) is 1. The summed E-state index contributed by atoms with van der Waals surface area (Å²) in [5.74, 6) is 1.48. The van der Waals surface area contributed by atoms with Crippen molar-refractivity contribution in [2.75, 3.05) is 33.7 Å². The van der Waals surface area contributed by atoms with Crippen molar-refractivity contribution < 1.29 is 32.1 Å². The maximum atomic E-state index is 12.2. The normalized spacial score (nSPS) is 11.5. The lowest BCUT2D eigenvalue weighted by molar-refractivity contribution is -0.153. The molecule has 0 saturated heterocycles. The summed E-state index contributed by atoms with van der Waals surface area (Å²) in [5.41, 5.74) is 7.36. The fraction of sp³-hybridized carbons (Fsp3) is 0.263. The minimum Gasteiger partial charge on any atom is -0.493 e. The molecule has 0 unspecified atom stereocenters. The van der Waals surface area contributed by atoms with Gasteiger partial charge < -0.3 is 24.7 Å². The lowest BCUT2D eigenvalue weighted by atomic mass is 10.1. The van der Waals surface area contributed by atoms with Crippen molar-refractivity contribution >= 4 is 17.8 Å². The second-order valence-corrected chi connectivity index (χ2v) is 5.49. The van der Waals surface area contributed by atoms with E-state index in [4.69, 9.17) is 19.9 Å². The van der Waals surface area contributed by atoms with E-state index >= 15 is 0 Å².